The minimum atomic E-state index is -0.303. The van der Waals surface area contributed by atoms with Crippen molar-refractivity contribution < 1.29 is 18.7 Å². The van der Waals surface area contributed by atoms with Gasteiger partial charge in [-0.15, -0.1) is 0 Å². The Bertz CT molecular complexity index is 533. The summed E-state index contributed by atoms with van der Waals surface area (Å²) in [5.41, 5.74) is 0.832. The summed E-state index contributed by atoms with van der Waals surface area (Å²) in [7, 11) is 3.26. The molecule has 5 nitrogen and oxygen atoms in total. The number of methoxy groups -OCH3 is 1. The topological polar surface area (TPSA) is 58.6 Å². The Morgan fingerprint density at radius 2 is 2.09 bits per heavy atom. The lowest BCUT2D eigenvalue weighted by atomic mass is 9.88. The van der Waals surface area contributed by atoms with Gasteiger partial charge in [0, 0.05) is 27.1 Å². The lowest BCUT2D eigenvalue weighted by Gasteiger charge is -2.37. The molecule has 1 saturated heterocycles. The molecule has 2 rings (SSSR count). The zero-order valence-electron chi connectivity index (χ0n) is 12.8. The number of carbonyl (C=O) groups excluding carboxylic acids is 2. The van der Waals surface area contributed by atoms with Crippen molar-refractivity contribution in [3.8, 4) is 0 Å². The fourth-order valence-corrected chi connectivity index (χ4v) is 2.73. The second kappa shape index (κ2) is 7.35. The molecule has 0 spiro atoms. The Morgan fingerprint density at radius 3 is 2.73 bits per heavy atom. The number of hydrogen-bond donors (Lipinski definition) is 1. The summed E-state index contributed by atoms with van der Waals surface area (Å²) < 4.78 is 18.0. The van der Waals surface area contributed by atoms with E-state index in [1.54, 1.807) is 31.2 Å². The number of hydrogen-bond acceptors (Lipinski definition) is 3. The van der Waals surface area contributed by atoms with E-state index in [9.17, 15) is 14.0 Å². The third kappa shape index (κ3) is 3.82. The highest BCUT2D eigenvalue weighted by atomic mass is 19.1. The summed E-state index contributed by atoms with van der Waals surface area (Å²) in [6.07, 6.45) is 0.887. The number of likely N-dealkylation sites (N-methyl/N-ethyl adjacent to an activating group) is 1. The lowest BCUT2D eigenvalue weighted by molar-refractivity contribution is -0.143. The van der Waals surface area contributed by atoms with Crippen molar-refractivity contribution in [1.82, 2.24) is 10.2 Å². The van der Waals surface area contributed by atoms with Crippen LogP contribution in [0.5, 0.6) is 0 Å². The van der Waals surface area contributed by atoms with Crippen molar-refractivity contribution >= 4 is 11.8 Å². The van der Waals surface area contributed by atoms with Crippen LogP contribution in [0.25, 0.3) is 0 Å². The van der Waals surface area contributed by atoms with E-state index < -0.39 is 0 Å². The molecule has 2 amide bonds. The molecule has 0 radical (unpaired) electrons. The molecule has 1 heterocycles. The molecule has 1 N–H and O–H groups in total. The third-order valence-electron chi connectivity index (χ3n) is 4.08. The molecule has 1 fully saturated rings. The van der Waals surface area contributed by atoms with Crippen molar-refractivity contribution in [2.45, 2.75) is 25.4 Å². The SMILES string of the molecule is COCC1C(C(=O)NCc2ccc(F)cc2)CCC(=O)N1C. The second-order valence-corrected chi connectivity index (χ2v) is 5.52. The average Bonchev–Trinajstić information content (AvgIpc) is 2.51. The van der Waals surface area contributed by atoms with E-state index in [0.29, 0.717) is 26.0 Å². The molecule has 0 aliphatic carbocycles. The van der Waals surface area contributed by atoms with Gasteiger partial charge in [0.1, 0.15) is 5.82 Å². The van der Waals surface area contributed by atoms with Crippen LogP contribution < -0.4 is 5.32 Å². The van der Waals surface area contributed by atoms with E-state index in [1.165, 1.54) is 12.1 Å². The number of ether oxygens (including phenoxy) is 1. The van der Waals surface area contributed by atoms with Crippen LogP contribution in [0.4, 0.5) is 4.39 Å². The van der Waals surface area contributed by atoms with Crippen LogP contribution in [-0.2, 0) is 20.9 Å². The quantitative estimate of drug-likeness (QED) is 0.892. The largest absolute Gasteiger partial charge is 0.383 e. The fourth-order valence-electron chi connectivity index (χ4n) is 2.73. The van der Waals surface area contributed by atoms with Gasteiger partial charge in [-0.2, -0.15) is 0 Å². The zero-order valence-corrected chi connectivity index (χ0v) is 12.8. The van der Waals surface area contributed by atoms with Gasteiger partial charge in [0.05, 0.1) is 18.6 Å². The number of likely N-dealkylation sites (tertiary alicyclic amines) is 1. The highest BCUT2D eigenvalue weighted by molar-refractivity contribution is 5.84. The summed E-state index contributed by atoms with van der Waals surface area (Å²) >= 11 is 0. The molecule has 0 bridgehead atoms. The Kier molecular flexibility index (Phi) is 5.49. The smallest absolute Gasteiger partial charge is 0.225 e. The van der Waals surface area contributed by atoms with Crippen molar-refractivity contribution in [3.63, 3.8) is 0 Å². The summed E-state index contributed by atoms with van der Waals surface area (Å²) in [5.74, 6) is -0.666. The molecule has 0 saturated carbocycles. The van der Waals surface area contributed by atoms with Crippen molar-refractivity contribution in [3.05, 3.63) is 35.6 Å². The fraction of sp³-hybridized carbons (Fsp3) is 0.500. The van der Waals surface area contributed by atoms with E-state index >= 15 is 0 Å². The molecule has 1 aliphatic heterocycles. The zero-order chi connectivity index (χ0) is 16.1. The Morgan fingerprint density at radius 1 is 1.41 bits per heavy atom. The number of rotatable bonds is 5. The van der Waals surface area contributed by atoms with Crippen molar-refractivity contribution in [1.29, 1.82) is 0 Å². The van der Waals surface area contributed by atoms with Gasteiger partial charge in [0.25, 0.3) is 0 Å². The summed E-state index contributed by atoms with van der Waals surface area (Å²) in [6, 6.07) is 5.75. The number of nitrogens with one attached hydrogen (secondary N) is 1. The second-order valence-electron chi connectivity index (χ2n) is 5.52. The van der Waals surface area contributed by atoms with Gasteiger partial charge in [0.15, 0.2) is 0 Å². The summed E-state index contributed by atoms with van der Waals surface area (Å²) in [4.78, 5) is 25.8. The standard InChI is InChI=1S/C16H21FN2O3/c1-19-14(10-22-2)13(7-8-15(19)20)16(21)18-9-11-3-5-12(17)6-4-11/h3-6,13-14H,7-10H2,1-2H3,(H,18,21). The average molecular weight is 308 g/mol. The minimum Gasteiger partial charge on any atom is -0.383 e. The van der Waals surface area contributed by atoms with Crippen LogP contribution in [0.3, 0.4) is 0 Å². The number of carbonyl (C=O) groups is 2. The summed E-state index contributed by atoms with van der Waals surface area (Å²) in [6.45, 7) is 0.670. The van der Waals surface area contributed by atoms with E-state index in [-0.39, 0.29) is 29.6 Å². The van der Waals surface area contributed by atoms with Gasteiger partial charge in [-0.1, -0.05) is 12.1 Å². The lowest BCUT2D eigenvalue weighted by Crippen LogP contribution is -2.53. The molecule has 2 unspecified atom stereocenters. The predicted octanol–water partition coefficient (Wildman–Crippen LogP) is 1.33. The van der Waals surface area contributed by atoms with Gasteiger partial charge >= 0.3 is 0 Å². The molecule has 1 aromatic rings. The van der Waals surface area contributed by atoms with Gasteiger partial charge in [0.2, 0.25) is 11.8 Å². The first kappa shape index (κ1) is 16.4. The monoisotopic (exact) mass is 308 g/mol. The molecule has 120 valence electrons. The minimum absolute atomic E-state index is 0.0321. The Balaban J connectivity index is 1.97. The van der Waals surface area contributed by atoms with Crippen LogP contribution in [-0.4, -0.2) is 43.5 Å². The van der Waals surface area contributed by atoms with E-state index in [2.05, 4.69) is 5.32 Å². The molecule has 2 atom stereocenters. The van der Waals surface area contributed by atoms with Gasteiger partial charge in [-0.3, -0.25) is 9.59 Å². The maximum Gasteiger partial charge on any atom is 0.225 e. The molecule has 1 aromatic carbocycles. The molecule has 6 heteroatoms. The maximum absolute atomic E-state index is 12.9. The van der Waals surface area contributed by atoms with E-state index in [1.807, 2.05) is 0 Å². The van der Waals surface area contributed by atoms with Crippen LogP contribution in [0.1, 0.15) is 18.4 Å². The first-order valence-electron chi connectivity index (χ1n) is 7.29. The van der Waals surface area contributed by atoms with Crippen molar-refractivity contribution in [2.75, 3.05) is 20.8 Å². The maximum atomic E-state index is 12.9. The Labute approximate surface area is 129 Å². The first-order chi connectivity index (χ1) is 10.5. The van der Waals surface area contributed by atoms with Crippen molar-refractivity contribution in [2.24, 2.45) is 5.92 Å². The normalized spacial score (nSPS) is 21.8. The van der Waals surface area contributed by atoms with E-state index in [4.69, 9.17) is 4.74 Å². The van der Waals surface area contributed by atoms with Gasteiger partial charge in [-0.05, 0) is 24.1 Å². The van der Waals surface area contributed by atoms with Crippen LogP contribution >= 0.6 is 0 Å². The molecule has 1 aliphatic rings. The van der Waals surface area contributed by atoms with Crippen LogP contribution in [0.15, 0.2) is 24.3 Å². The van der Waals surface area contributed by atoms with Gasteiger partial charge in [-0.25, -0.2) is 4.39 Å². The number of piperidine rings is 1. The highest BCUT2D eigenvalue weighted by Crippen LogP contribution is 2.24. The first-order valence-corrected chi connectivity index (χ1v) is 7.29. The molecule has 0 aromatic heterocycles. The molecule has 22 heavy (non-hydrogen) atoms. The van der Waals surface area contributed by atoms with Gasteiger partial charge < -0.3 is 15.0 Å². The Hall–Kier alpha value is -1.95. The number of halogens is 1. The molecular formula is C16H21FN2O3. The number of amides is 2. The van der Waals surface area contributed by atoms with Crippen LogP contribution in [0.2, 0.25) is 0 Å². The number of benzene rings is 1. The third-order valence-corrected chi connectivity index (χ3v) is 4.08. The highest BCUT2D eigenvalue weighted by Gasteiger charge is 2.37. The van der Waals surface area contributed by atoms with E-state index in [0.717, 1.165) is 5.56 Å². The molecular weight excluding hydrogens is 287 g/mol. The summed E-state index contributed by atoms with van der Waals surface area (Å²) in [5, 5.41) is 2.86. The number of nitrogens with zero attached hydrogens (tertiary/aromatic N) is 1. The predicted molar refractivity (Wildman–Crippen MR) is 79.4 cm³/mol. The van der Waals surface area contributed by atoms with Crippen LogP contribution in [0, 0.1) is 11.7 Å².